The van der Waals surface area contributed by atoms with Crippen LogP contribution in [0.15, 0.2) is 42.7 Å². The number of piperazine rings is 1. The molecule has 1 aliphatic heterocycles. The molecule has 3 aromatic heterocycles. The van der Waals surface area contributed by atoms with Crippen molar-refractivity contribution in [2.75, 3.05) is 18.0 Å². The topological polar surface area (TPSA) is 104 Å². The maximum atomic E-state index is 10.7. The highest BCUT2D eigenvalue weighted by molar-refractivity contribution is 5.74. The molecule has 0 bridgehead atoms. The normalized spacial score (nSPS) is 19.1. The van der Waals surface area contributed by atoms with Gasteiger partial charge in [0.2, 0.25) is 5.95 Å². The Morgan fingerprint density at radius 2 is 1.77 bits per heavy atom. The highest BCUT2D eigenvalue weighted by atomic mass is 16.3. The van der Waals surface area contributed by atoms with Crippen LogP contribution in [0.1, 0.15) is 19.5 Å². The van der Waals surface area contributed by atoms with Gasteiger partial charge in [0.1, 0.15) is 11.4 Å². The molecule has 1 saturated heterocycles. The summed E-state index contributed by atoms with van der Waals surface area (Å²) in [6.07, 6.45) is 3.56. The Morgan fingerprint density at radius 1 is 1.00 bits per heavy atom. The van der Waals surface area contributed by atoms with E-state index in [1.54, 1.807) is 16.8 Å². The van der Waals surface area contributed by atoms with E-state index in [9.17, 15) is 5.11 Å². The highest BCUT2D eigenvalue weighted by Gasteiger charge is 2.23. The zero-order valence-corrected chi connectivity index (χ0v) is 17.7. The number of nitrogens with one attached hydrogen (secondary N) is 1. The largest absolute Gasteiger partial charge is 0.507 e. The number of aromatic hydroxyl groups is 1. The molecule has 1 fully saturated rings. The predicted molar refractivity (Wildman–Crippen MR) is 118 cm³/mol. The van der Waals surface area contributed by atoms with E-state index in [4.69, 9.17) is 0 Å². The molecule has 4 aromatic rings. The molecule has 0 radical (unpaired) electrons. The summed E-state index contributed by atoms with van der Waals surface area (Å²) in [5, 5.41) is 31.0. The molecule has 4 heterocycles. The SMILES string of the molecule is Cc1nnn2cc(-c3ccc(-c4cnc(N5C[C@@H](C)N[C@@H](C)C5)nn4)c(O)c3)ccc12. The van der Waals surface area contributed by atoms with Crippen molar-refractivity contribution in [3.63, 3.8) is 0 Å². The van der Waals surface area contributed by atoms with Gasteiger partial charge in [-0.25, -0.2) is 9.50 Å². The lowest BCUT2D eigenvalue weighted by molar-refractivity contribution is 0.402. The van der Waals surface area contributed by atoms with Crippen molar-refractivity contribution in [2.45, 2.75) is 32.9 Å². The Hall–Kier alpha value is -3.59. The van der Waals surface area contributed by atoms with E-state index in [1.165, 1.54) is 0 Å². The lowest BCUT2D eigenvalue weighted by atomic mass is 10.0. The Morgan fingerprint density at radius 3 is 2.48 bits per heavy atom. The molecule has 2 atom stereocenters. The number of phenols is 1. The lowest BCUT2D eigenvalue weighted by Crippen LogP contribution is -2.54. The fourth-order valence-corrected chi connectivity index (χ4v) is 4.14. The molecule has 9 nitrogen and oxygen atoms in total. The number of anilines is 1. The minimum atomic E-state index is 0.126. The number of benzene rings is 1. The van der Waals surface area contributed by atoms with Crippen LogP contribution in [-0.2, 0) is 0 Å². The van der Waals surface area contributed by atoms with E-state index >= 15 is 0 Å². The van der Waals surface area contributed by atoms with Crippen molar-refractivity contribution in [3.8, 4) is 28.1 Å². The number of rotatable bonds is 3. The van der Waals surface area contributed by atoms with Crippen LogP contribution in [0.4, 0.5) is 5.95 Å². The summed E-state index contributed by atoms with van der Waals surface area (Å²) < 4.78 is 1.74. The van der Waals surface area contributed by atoms with E-state index in [2.05, 4.69) is 49.6 Å². The second-order valence-electron chi connectivity index (χ2n) is 8.17. The summed E-state index contributed by atoms with van der Waals surface area (Å²) in [6.45, 7) is 7.88. The van der Waals surface area contributed by atoms with Crippen LogP contribution < -0.4 is 10.2 Å². The lowest BCUT2D eigenvalue weighted by Gasteiger charge is -2.35. The summed E-state index contributed by atoms with van der Waals surface area (Å²) in [4.78, 5) is 6.63. The Kier molecular flexibility index (Phi) is 4.74. The Labute approximate surface area is 179 Å². The number of aromatic nitrogens is 6. The fourth-order valence-electron chi connectivity index (χ4n) is 4.14. The van der Waals surface area contributed by atoms with Crippen LogP contribution in [0, 0.1) is 6.92 Å². The molecule has 0 aliphatic carbocycles. The summed E-state index contributed by atoms with van der Waals surface area (Å²) in [5.41, 5.74) is 4.77. The van der Waals surface area contributed by atoms with Gasteiger partial charge in [0, 0.05) is 42.5 Å². The maximum Gasteiger partial charge on any atom is 0.245 e. The number of hydrogen-bond acceptors (Lipinski definition) is 8. The van der Waals surface area contributed by atoms with Gasteiger partial charge in [-0.2, -0.15) is 0 Å². The molecule has 158 valence electrons. The zero-order chi connectivity index (χ0) is 21.5. The molecule has 0 saturated carbocycles. The van der Waals surface area contributed by atoms with E-state index < -0.39 is 0 Å². The van der Waals surface area contributed by atoms with Crippen LogP contribution in [0.3, 0.4) is 0 Å². The first-order valence-electron chi connectivity index (χ1n) is 10.3. The van der Waals surface area contributed by atoms with Gasteiger partial charge in [-0.15, -0.1) is 15.3 Å². The van der Waals surface area contributed by atoms with Gasteiger partial charge >= 0.3 is 0 Å². The van der Waals surface area contributed by atoms with Crippen molar-refractivity contribution in [1.82, 2.24) is 35.3 Å². The predicted octanol–water partition coefficient (Wildman–Crippen LogP) is 2.45. The van der Waals surface area contributed by atoms with Gasteiger partial charge in [-0.05, 0) is 44.5 Å². The molecule has 0 spiro atoms. The molecular weight excluding hydrogens is 392 g/mol. The van der Waals surface area contributed by atoms with Crippen molar-refractivity contribution in [2.24, 2.45) is 0 Å². The van der Waals surface area contributed by atoms with Crippen LogP contribution >= 0.6 is 0 Å². The number of aryl methyl sites for hydroxylation is 1. The number of phenolic OH excluding ortho intramolecular Hbond substituents is 1. The first-order valence-corrected chi connectivity index (χ1v) is 10.3. The average molecular weight is 416 g/mol. The summed E-state index contributed by atoms with van der Waals surface area (Å²) in [7, 11) is 0. The van der Waals surface area contributed by atoms with E-state index in [0.717, 1.165) is 35.4 Å². The molecule has 31 heavy (non-hydrogen) atoms. The maximum absolute atomic E-state index is 10.7. The van der Waals surface area contributed by atoms with Gasteiger partial charge in [-0.3, -0.25) is 0 Å². The minimum absolute atomic E-state index is 0.126. The van der Waals surface area contributed by atoms with Crippen molar-refractivity contribution < 1.29 is 5.11 Å². The number of nitrogens with zero attached hydrogens (tertiary/aromatic N) is 7. The standard InChI is InChI=1S/C22H24N8O/c1-13-10-29(11-14(2)24-13)22-23-9-19(26-27-22)18-6-4-16(8-21(18)31)17-5-7-20-15(3)25-28-30(20)12-17/h4-9,12-14,24,31H,10-11H2,1-3H3/t13-,14+. The Bertz CT molecular complexity index is 1230. The van der Waals surface area contributed by atoms with Gasteiger partial charge in [0.15, 0.2) is 0 Å². The van der Waals surface area contributed by atoms with Gasteiger partial charge in [-0.1, -0.05) is 17.3 Å². The third-order valence-electron chi connectivity index (χ3n) is 5.59. The molecule has 0 amide bonds. The van der Waals surface area contributed by atoms with Crippen LogP contribution in [0.5, 0.6) is 5.75 Å². The molecule has 1 aromatic carbocycles. The second-order valence-corrected chi connectivity index (χ2v) is 8.17. The third-order valence-corrected chi connectivity index (χ3v) is 5.59. The van der Waals surface area contributed by atoms with E-state index in [0.29, 0.717) is 29.3 Å². The zero-order valence-electron chi connectivity index (χ0n) is 17.7. The summed E-state index contributed by atoms with van der Waals surface area (Å²) >= 11 is 0. The number of fused-ring (bicyclic) bond motifs is 1. The van der Waals surface area contributed by atoms with Crippen LogP contribution in [0.2, 0.25) is 0 Å². The first-order chi connectivity index (χ1) is 15.0. The van der Waals surface area contributed by atoms with Crippen molar-refractivity contribution in [1.29, 1.82) is 0 Å². The Balaban J connectivity index is 1.40. The minimum Gasteiger partial charge on any atom is -0.507 e. The van der Waals surface area contributed by atoms with Crippen molar-refractivity contribution >= 4 is 11.5 Å². The third kappa shape index (κ3) is 3.68. The van der Waals surface area contributed by atoms with Gasteiger partial charge in [0.05, 0.1) is 17.4 Å². The quantitative estimate of drug-likeness (QED) is 0.525. The van der Waals surface area contributed by atoms with Crippen LogP contribution in [0.25, 0.3) is 27.9 Å². The number of pyridine rings is 1. The van der Waals surface area contributed by atoms with E-state index in [1.807, 2.05) is 37.4 Å². The van der Waals surface area contributed by atoms with Crippen molar-refractivity contribution in [3.05, 3.63) is 48.4 Å². The fraction of sp³-hybridized carbons (Fsp3) is 0.318. The second kappa shape index (κ2) is 7.59. The smallest absolute Gasteiger partial charge is 0.245 e. The molecule has 1 aliphatic rings. The van der Waals surface area contributed by atoms with Crippen LogP contribution in [-0.4, -0.2) is 60.3 Å². The van der Waals surface area contributed by atoms with Gasteiger partial charge < -0.3 is 15.3 Å². The molecule has 9 heteroatoms. The number of hydrogen-bond donors (Lipinski definition) is 2. The summed E-state index contributed by atoms with van der Waals surface area (Å²) in [6, 6.07) is 10.2. The molecule has 5 rings (SSSR count). The van der Waals surface area contributed by atoms with Gasteiger partial charge in [0.25, 0.3) is 0 Å². The first kappa shape index (κ1) is 19.4. The molecule has 0 unspecified atom stereocenters. The monoisotopic (exact) mass is 416 g/mol. The molecular formula is C22H24N8O. The van der Waals surface area contributed by atoms with E-state index in [-0.39, 0.29) is 5.75 Å². The summed E-state index contributed by atoms with van der Waals surface area (Å²) in [5.74, 6) is 0.733. The molecule has 2 N–H and O–H groups in total. The highest BCUT2D eigenvalue weighted by Crippen LogP contribution is 2.32. The average Bonchev–Trinajstić information content (AvgIpc) is 3.13.